The molecule has 0 saturated carbocycles. The number of hydrogen-bond donors (Lipinski definition) is 0. The molecule has 44 heavy (non-hydrogen) atoms. The van der Waals surface area contributed by atoms with E-state index in [0.29, 0.717) is 17.5 Å². The van der Waals surface area contributed by atoms with Crippen molar-refractivity contribution in [1.82, 2.24) is 24.9 Å². The van der Waals surface area contributed by atoms with Crippen LogP contribution in [-0.4, -0.2) is 24.9 Å². The summed E-state index contributed by atoms with van der Waals surface area (Å²) in [5.41, 5.74) is 8.25. The average molecular weight is 564 g/mol. The molecule has 0 aliphatic rings. The van der Waals surface area contributed by atoms with Crippen LogP contribution in [0, 0.1) is 0 Å². The van der Waals surface area contributed by atoms with Crippen molar-refractivity contribution in [2.45, 2.75) is 0 Å². The number of rotatable bonds is 5. The molecule has 0 spiro atoms. The molecule has 3 aromatic heterocycles. The van der Waals surface area contributed by atoms with Crippen molar-refractivity contribution in [3.05, 3.63) is 152 Å². The van der Waals surface area contributed by atoms with Crippen LogP contribution in [0.1, 0.15) is 0 Å². The number of aromatic nitrogens is 5. The fourth-order valence-electron chi connectivity index (χ4n) is 5.52. The maximum Gasteiger partial charge on any atom is 0.164 e. The molecule has 0 N–H and O–H groups in total. The molecule has 3 heterocycles. The number of nitrogens with zero attached hydrogens (tertiary/aromatic N) is 5. The minimum absolute atomic E-state index is 0.595. The number of pyridine rings is 2. The Hall–Kier alpha value is -6.07. The Bertz CT molecular complexity index is 2210. The summed E-state index contributed by atoms with van der Waals surface area (Å²) in [6.07, 6.45) is 0. The predicted octanol–water partition coefficient (Wildman–Crippen LogP) is 9.30. The van der Waals surface area contributed by atoms with Crippen LogP contribution in [0.5, 0.6) is 0 Å². The van der Waals surface area contributed by atoms with E-state index in [1.807, 2.05) is 91.0 Å². The third kappa shape index (κ3) is 4.76. The standard InChI is InChI=1S/C39H25N5/c1-4-12-26(13-5-1)33-24-22-27-20-21-28-23-25-34(41-36(28)35(27)40-33)31-18-10-11-19-32(31)39-43-37(29-14-6-2-7-15-29)42-38(44-39)30-16-8-3-9-17-30/h1-25H. The lowest BCUT2D eigenvalue weighted by molar-refractivity contribution is 1.07. The van der Waals surface area contributed by atoms with Gasteiger partial charge in [-0.15, -0.1) is 0 Å². The van der Waals surface area contributed by atoms with Gasteiger partial charge < -0.3 is 0 Å². The summed E-state index contributed by atoms with van der Waals surface area (Å²) >= 11 is 0. The zero-order chi connectivity index (χ0) is 29.3. The molecule has 0 unspecified atom stereocenters. The van der Waals surface area contributed by atoms with Crippen LogP contribution in [0.2, 0.25) is 0 Å². The van der Waals surface area contributed by atoms with Crippen molar-refractivity contribution in [3.8, 4) is 56.7 Å². The average Bonchev–Trinajstić information content (AvgIpc) is 3.12. The van der Waals surface area contributed by atoms with Gasteiger partial charge in [-0.2, -0.15) is 0 Å². The molecular weight excluding hydrogens is 538 g/mol. The smallest absolute Gasteiger partial charge is 0.164 e. The van der Waals surface area contributed by atoms with Crippen molar-refractivity contribution < 1.29 is 0 Å². The van der Waals surface area contributed by atoms with Gasteiger partial charge in [-0.3, -0.25) is 0 Å². The first kappa shape index (κ1) is 25.6. The van der Waals surface area contributed by atoms with E-state index in [1.165, 1.54) is 0 Å². The largest absolute Gasteiger partial charge is 0.245 e. The second-order valence-electron chi connectivity index (χ2n) is 10.6. The number of hydrogen-bond acceptors (Lipinski definition) is 5. The maximum absolute atomic E-state index is 5.22. The summed E-state index contributed by atoms with van der Waals surface area (Å²) in [6.45, 7) is 0. The van der Waals surface area contributed by atoms with Gasteiger partial charge in [0.2, 0.25) is 0 Å². The van der Waals surface area contributed by atoms with Crippen molar-refractivity contribution in [2.24, 2.45) is 0 Å². The molecule has 0 amide bonds. The normalized spacial score (nSPS) is 11.2. The van der Waals surface area contributed by atoms with Gasteiger partial charge in [-0.1, -0.05) is 140 Å². The van der Waals surface area contributed by atoms with Crippen LogP contribution < -0.4 is 0 Å². The second-order valence-corrected chi connectivity index (χ2v) is 10.6. The molecular formula is C39H25N5. The Morgan fingerprint density at radius 1 is 0.273 bits per heavy atom. The quantitative estimate of drug-likeness (QED) is 0.195. The van der Waals surface area contributed by atoms with E-state index in [4.69, 9.17) is 24.9 Å². The van der Waals surface area contributed by atoms with Crippen molar-refractivity contribution in [3.63, 3.8) is 0 Å². The minimum atomic E-state index is 0.595. The molecule has 8 aromatic rings. The summed E-state index contributed by atoms with van der Waals surface area (Å²) in [7, 11) is 0. The molecule has 0 bridgehead atoms. The first-order valence-electron chi connectivity index (χ1n) is 14.5. The van der Waals surface area contributed by atoms with Crippen LogP contribution in [-0.2, 0) is 0 Å². The van der Waals surface area contributed by atoms with Crippen molar-refractivity contribution in [2.75, 3.05) is 0 Å². The molecule has 5 nitrogen and oxygen atoms in total. The first-order chi connectivity index (χ1) is 21.8. The van der Waals surface area contributed by atoms with Crippen LogP contribution in [0.3, 0.4) is 0 Å². The van der Waals surface area contributed by atoms with Gasteiger partial charge in [0.15, 0.2) is 17.5 Å². The highest BCUT2D eigenvalue weighted by atomic mass is 15.0. The highest BCUT2D eigenvalue weighted by Gasteiger charge is 2.17. The molecule has 0 saturated heterocycles. The second kappa shape index (κ2) is 11.0. The van der Waals surface area contributed by atoms with Crippen molar-refractivity contribution >= 4 is 21.8 Å². The monoisotopic (exact) mass is 563 g/mol. The molecule has 5 aromatic carbocycles. The topological polar surface area (TPSA) is 64.5 Å². The molecule has 0 fully saturated rings. The van der Waals surface area contributed by atoms with Crippen LogP contribution in [0.4, 0.5) is 0 Å². The van der Waals surface area contributed by atoms with E-state index in [2.05, 4.69) is 60.7 Å². The predicted molar refractivity (Wildman–Crippen MR) is 178 cm³/mol. The Balaban J connectivity index is 1.31. The van der Waals surface area contributed by atoms with Gasteiger partial charge in [0.1, 0.15) is 0 Å². The third-order valence-corrected chi connectivity index (χ3v) is 7.73. The molecule has 5 heteroatoms. The molecule has 206 valence electrons. The Morgan fingerprint density at radius 3 is 1.25 bits per heavy atom. The fraction of sp³-hybridized carbons (Fsp3) is 0. The van der Waals surface area contributed by atoms with E-state index < -0.39 is 0 Å². The molecule has 0 aliphatic carbocycles. The highest BCUT2D eigenvalue weighted by molar-refractivity contribution is 6.04. The Kier molecular flexibility index (Phi) is 6.39. The van der Waals surface area contributed by atoms with Gasteiger partial charge >= 0.3 is 0 Å². The zero-order valence-electron chi connectivity index (χ0n) is 23.7. The summed E-state index contributed by atoms with van der Waals surface area (Å²) in [5.74, 6) is 1.84. The van der Waals surface area contributed by atoms with E-state index >= 15 is 0 Å². The summed E-state index contributed by atoms with van der Waals surface area (Å²) in [5, 5.41) is 2.09. The van der Waals surface area contributed by atoms with E-state index in [9.17, 15) is 0 Å². The Morgan fingerprint density at radius 2 is 0.682 bits per heavy atom. The molecule has 0 aliphatic heterocycles. The lowest BCUT2D eigenvalue weighted by Crippen LogP contribution is -2.01. The maximum atomic E-state index is 5.22. The molecule has 0 atom stereocenters. The molecule has 0 radical (unpaired) electrons. The van der Waals surface area contributed by atoms with Gasteiger partial charge in [0.05, 0.1) is 22.4 Å². The summed E-state index contributed by atoms with van der Waals surface area (Å²) in [6, 6.07) is 51.0. The van der Waals surface area contributed by atoms with E-state index in [-0.39, 0.29) is 0 Å². The zero-order valence-corrected chi connectivity index (χ0v) is 23.7. The summed E-state index contributed by atoms with van der Waals surface area (Å²) < 4.78 is 0. The van der Waals surface area contributed by atoms with Gasteiger partial charge in [-0.05, 0) is 12.1 Å². The third-order valence-electron chi connectivity index (χ3n) is 7.73. The molecule has 8 rings (SSSR count). The van der Waals surface area contributed by atoms with Gasteiger partial charge in [-0.25, -0.2) is 24.9 Å². The van der Waals surface area contributed by atoms with Gasteiger partial charge in [0, 0.05) is 38.6 Å². The minimum Gasteiger partial charge on any atom is -0.245 e. The number of benzene rings is 5. The summed E-state index contributed by atoms with van der Waals surface area (Å²) in [4.78, 5) is 25.1. The van der Waals surface area contributed by atoms with Crippen LogP contribution in [0.15, 0.2) is 152 Å². The Labute approximate surface area is 254 Å². The van der Waals surface area contributed by atoms with Crippen LogP contribution in [0.25, 0.3) is 78.5 Å². The lowest BCUT2D eigenvalue weighted by Gasteiger charge is -2.12. The van der Waals surface area contributed by atoms with Gasteiger partial charge in [0.25, 0.3) is 0 Å². The van der Waals surface area contributed by atoms with Crippen molar-refractivity contribution in [1.29, 1.82) is 0 Å². The fourth-order valence-corrected chi connectivity index (χ4v) is 5.52. The number of fused-ring (bicyclic) bond motifs is 3. The van der Waals surface area contributed by atoms with Crippen LogP contribution >= 0.6 is 0 Å². The lowest BCUT2D eigenvalue weighted by atomic mass is 10.0. The van der Waals surface area contributed by atoms with E-state index in [0.717, 1.165) is 61.0 Å². The first-order valence-corrected chi connectivity index (χ1v) is 14.5. The SMILES string of the molecule is c1ccc(-c2ccc3ccc4ccc(-c5ccccc5-c5nc(-c6ccccc6)nc(-c6ccccc6)n5)nc4c3n2)cc1. The van der Waals surface area contributed by atoms with E-state index in [1.54, 1.807) is 0 Å². The highest BCUT2D eigenvalue weighted by Crippen LogP contribution is 2.34.